The Morgan fingerprint density at radius 2 is 1.94 bits per heavy atom. The maximum Gasteiger partial charge on any atom is 0.204 e. The molecule has 0 unspecified atom stereocenters. The van der Waals surface area contributed by atoms with E-state index in [1.165, 1.54) is 5.56 Å². The molecule has 0 radical (unpaired) electrons. The summed E-state index contributed by atoms with van der Waals surface area (Å²) in [5.41, 5.74) is 1.93. The Bertz CT molecular complexity index is 478. The van der Waals surface area contributed by atoms with Gasteiger partial charge in [0.1, 0.15) is 5.69 Å². The van der Waals surface area contributed by atoms with E-state index in [9.17, 15) is 0 Å². The van der Waals surface area contributed by atoms with Crippen molar-refractivity contribution >= 4 is 0 Å². The molecule has 0 spiro atoms. The molecule has 0 atom stereocenters. The minimum absolute atomic E-state index is 0.348. The van der Waals surface area contributed by atoms with Gasteiger partial charge in [0.2, 0.25) is 6.29 Å². The fourth-order valence-electron chi connectivity index (χ4n) is 1.80. The average Bonchev–Trinajstić information content (AvgIpc) is 3.00. The average molecular weight is 231 g/mol. The van der Waals surface area contributed by atoms with Gasteiger partial charge in [-0.3, -0.25) is 0 Å². The Kier molecular flexibility index (Phi) is 2.85. The normalized spacial score (nSPS) is 16.5. The monoisotopic (exact) mass is 231 g/mol. The van der Waals surface area contributed by atoms with Gasteiger partial charge in [-0.15, -0.1) is 5.10 Å². The van der Waals surface area contributed by atoms with Crippen molar-refractivity contribution in [3.8, 4) is 0 Å². The molecule has 1 aromatic heterocycles. The molecule has 0 amide bonds. The summed E-state index contributed by atoms with van der Waals surface area (Å²) in [6.45, 7) is 1.95. The predicted molar refractivity (Wildman–Crippen MR) is 60.2 cm³/mol. The highest BCUT2D eigenvalue weighted by Crippen LogP contribution is 2.20. The van der Waals surface area contributed by atoms with Crippen molar-refractivity contribution in [1.82, 2.24) is 15.0 Å². The van der Waals surface area contributed by atoms with Crippen LogP contribution in [0, 0.1) is 0 Å². The molecule has 5 nitrogen and oxygen atoms in total. The van der Waals surface area contributed by atoms with E-state index in [4.69, 9.17) is 9.47 Å². The fourth-order valence-corrected chi connectivity index (χ4v) is 1.80. The van der Waals surface area contributed by atoms with E-state index < -0.39 is 0 Å². The highest BCUT2D eigenvalue weighted by molar-refractivity contribution is 5.14. The molecule has 2 heterocycles. The number of rotatable bonds is 3. The molecule has 0 aliphatic carbocycles. The van der Waals surface area contributed by atoms with Crippen LogP contribution in [0.25, 0.3) is 0 Å². The van der Waals surface area contributed by atoms with E-state index in [2.05, 4.69) is 22.4 Å². The molecule has 0 saturated carbocycles. The molecule has 0 bridgehead atoms. The molecule has 3 rings (SSSR count). The minimum atomic E-state index is -0.348. The van der Waals surface area contributed by atoms with Crippen molar-refractivity contribution in [2.24, 2.45) is 0 Å². The minimum Gasteiger partial charge on any atom is -0.345 e. The van der Waals surface area contributed by atoms with E-state index in [0.29, 0.717) is 19.8 Å². The van der Waals surface area contributed by atoms with Crippen molar-refractivity contribution in [1.29, 1.82) is 0 Å². The van der Waals surface area contributed by atoms with Gasteiger partial charge < -0.3 is 9.47 Å². The van der Waals surface area contributed by atoms with Gasteiger partial charge in [-0.2, -0.15) is 0 Å². The quantitative estimate of drug-likeness (QED) is 0.800. The first kappa shape index (κ1) is 10.4. The number of hydrogen-bond acceptors (Lipinski definition) is 4. The Balaban J connectivity index is 1.72. The summed E-state index contributed by atoms with van der Waals surface area (Å²) in [7, 11) is 0. The first-order chi connectivity index (χ1) is 8.42. The highest BCUT2D eigenvalue weighted by atomic mass is 16.7. The summed E-state index contributed by atoms with van der Waals surface area (Å²) in [5.74, 6) is 0. The van der Waals surface area contributed by atoms with Crippen molar-refractivity contribution < 1.29 is 9.47 Å². The molecule has 1 aliphatic rings. The Labute approximate surface area is 99.0 Å². The third-order valence-electron chi connectivity index (χ3n) is 2.61. The van der Waals surface area contributed by atoms with Crippen LogP contribution in [0.2, 0.25) is 0 Å². The Morgan fingerprint density at radius 1 is 1.18 bits per heavy atom. The van der Waals surface area contributed by atoms with Crippen LogP contribution >= 0.6 is 0 Å². The second kappa shape index (κ2) is 4.65. The van der Waals surface area contributed by atoms with Gasteiger partial charge in [-0.1, -0.05) is 35.5 Å². The van der Waals surface area contributed by atoms with Crippen LogP contribution in [0.5, 0.6) is 0 Å². The smallest absolute Gasteiger partial charge is 0.204 e. The van der Waals surface area contributed by atoms with Crippen molar-refractivity contribution in [2.45, 2.75) is 12.8 Å². The summed E-state index contributed by atoms with van der Waals surface area (Å²) in [6, 6.07) is 10.1. The summed E-state index contributed by atoms with van der Waals surface area (Å²) in [6.07, 6.45) is 1.52. The summed E-state index contributed by atoms with van der Waals surface area (Å²) < 4.78 is 12.5. The van der Waals surface area contributed by atoms with E-state index in [1.807, 2.05) is 24.4 Å². The van der Waals surface area contributed by atoms with Crippen LogP contribution in [-0.4, -0.2) is 28.2 Å². The largest absolute Gasteiger partial charge is 0.345 e. The van der Waals surface area contributed by atoms with Gasteiger partial charge in [0.05, 0.1) is 26.0 Å². The van der Waals surface area contributed by atoms with Crippen molar-refractivity contribution in [3.63, 3.8) is 0 Å². The lowest BCUT2D eigenvalue weighted by Crippen LogP contribution is -2.00. The molecule has 1 aromatic carbocycles. The lowest BCUT2D eigenvalue weighted by molar-refractivity contribution is -0.0473. The van der Waals surface area contributed by atoms with Crippen LogP contribution in [0.3, 0.4) is 0 Å². The van der Waals surface area contributed by atoms with Gasteiger partial charge in [0.15, 0.2) is 0 Å². The van der Waals surface area contributed by atoms with Crippen LogP contribution in [0.1, 0.15) is 17.5 Å². The van der Waals surface area contributed by atoms with E-state index in [1.54, 1.807) is 4.68 Å². The van der Waals surface area contributed by atoms with Gasteiger partial charge in [0, 0.05) is 0 Å². The number of hydrogen-bond donors (Lipinski definition) is 0. The number of benzene rings is 1. The Hall–Kier alpha value is -1.72. The molecule has 17 heavy (non-hydrogen) atoms. The molecular formula is C12H13N3O2. The SMILES string of the molecule is c1ccc(Cn2cc(C3OCCO3)nn2)cc1. The van der Waals surface area contributed by atoms with Gasteiger partial charge >= 0.3 is 0 Å². The molecule has 1 saturated heterocycles. The predicted octanol–water partition coefficient (Wildman–Crippen LogP) is 1.37. The Morgan fingerprint density at radius 3 is 2.71 bits per heavy atom. The van der Waals surface area contributed by atoms with Crippen LogP contribution in [0.15, 0.2) is 36.5 Å². The third-order valence-corrected chi connectivity index (χ3v) is 2.61. The zero-order valence-corrected chi connectivity index (χ0v) is 9.32. The second-order valence-corrected chi connectivity index (χ2v) is 3.90. The molecule has 1 fully saturated rings. The van der Waals surface area contributed by atoms with Gasteiger partial charge in [0.25, 0.3) is 0 Å². The first-order valence-electron chi connectivity index (χ1n) is 5.59. The van der Waals surface area contributed by atoms with Crippen LogP contribution < -0.4 is 0 Å². The van der Waals surface area contributed by atoms with Gasteiger partial charge in [-0.25, -0.2) is 4.68 Å². The molecule has 88 valence electrons. The standard InChI is InChI=1S/C12H13N3O2/c1-2-4-10(5-3-1)8-15-9-11(13-14-15)12-16-6-7-17-12/h1-5,9,12H,6-8H2. The van der Waals surface area contributed by atoms with Crippen molar-refractivity contribution in [3.05, 3.63) is 47.8 Å². The van der Waals surface area contributed by atoms with Crippen molar-refractivity contribution in [2.75, 3.05) is 13.2 Å². The highest BCUT2D eigenvalue weighted by Gasteiger charge is 2.21. The summed E-state index contributed by atoms with van der Waals surface area (Å²) >= 11 is 0. The topological polar surface area (TPSA) is 49.2 Å². The summed E-state index contributed by atoms with van der Waals surface area (Å²) in [5, 5.41) is 8.12. The van der Waals surface area contributed by atoms with E-state index >= 15 is 0 Å². The fraction of sp³-hybridized carbons (Fsp3) is 0.333. The molecule has 0 N–H and O–H groups in total. The van der Waals surface area contributed by atoms with Crippen LogP contribution in [0.4, 0.5) is 0 Å². The second-order valence-electron chi connectivity index (χ2n) is 3.90. The maximum absolute atomic E-state index is 5.36. The lowest BCUT2D eigenvalue weighted by atomic mass is 10.2. The van der Waals surface area contributed by atoms with E-state index in [0.717, 1.165) is 5.69 Å². The summed E-state index contributed by atoms with van der Waals surface area (Å²) in [4.78, 5) is 0. The zero-order chi connectivity index (χ0) is 11.5. The van der Waals surface area contributed by atoms with Crippen LogP contribution in [-0.2, 0) is 16.0 Å². The van der Waals surface area contributed by atoms with E-state index in [-0.39, 0.29) is 6.29 Å². The maximum atomic E-state index is 5.36. The van der Waals surface area contributed by atoms with Gasteiger partial charge in [-0.05, 0) is 5.56 Å². The molecule has 2 aromatic rings. The third kappa shape index (κ3) is 2.35. The number of aromatic nitrogens is 3. The number of nitrogens with zero attached hydrogens (tertiary/aromatic N) is 3. The lowest BCUT2D eigenvalue weighted by Gasteiger charge is -2.03. The first-order valence-corrected chi connectivity index (χ1v) is 5.59. The molecule has 5 heteroatoms. The zero-order valence-electron chi connectivity index (χ0n) is 9.32. The molecular weight excluding hydrogens is 218 g/mol. The number of ether oxygens (including phenoxy) is 2. The molecule has 1 aliphatic heterocycles.